The number of benzene rings is 1. The number of amides is 1. The highest BCUT2D eigenvalue weighted by Crippen LogP contribution is 2.34. The Morgan fingerprint density at radius 2 is 2.14 bits per heavy atom. The molecule has 5 rings (SSSR count). The molecule has 0 atom stereocenters. The molecule has 3 aromatic rings. The number of hydrogen-bond donors (Lipinski definition) is 1. The normalized spacial score (nSPS) is 16.0. The first-order valence-corrected chi connectivity index (χ1v) is 10.3. The van der Waals surface area contributed by atoms with E-state index in [0.717, 1.165) is 53.8 Å². The van der Waals surface area contributed by atoms with Gasteiger partial charge in [0, 0.05) is 62.2 Å². The monoisotopic (exact) mass is 390 g/mol. The Kier molecular flexibility index (Phi) is 4.38. The van der Waals surface area contributed by atoms with Crippen LogP contribution < -0.4 is 5.32 Å². The number of carbonyl (C=O) groups is 1. The molecule has 0 saturated heterocycles. The molecule has 3 heterocycles. The minimum absolute atomic E-state index is 0.120. The van der Waals surface area contributed by atoms with Crippen LogP contribution in [0.2, 0.25) is 0 Å². The van der Waals surface area contributed by atoms with Crippen molar-refractivity contribution in [2.24, 2.45) is 13.0 Å². The Morgan fingerprint density at radius 1 is 1.28 bits per heavy atom. The van der Waals surface area contributed by atoms with Gasteiger partial charge in [-0.05, 0) is 37.0 Å². The van der Waals surface area contributed by atoms with Crippen LogP contribution in [0.5, 0.6) is 0 Å². The van der Waals surface area contributed by atoms with Crippen LogP contribution in [0.25, 0.3) is 11.3 Å². The van der Waals surface area contributed by atoms with E-state index in [-0.39, 0.29) is 5.91 Å². The third-order valence-corrected chi connectivity index (χ3v) is 5.95. The summed E-state index contributed by atoms with van der Waals surface area (Å²) in [7, 11) is 1.95. The van der Waals surface area contributed by atoms with Gasteiger partial charge in [0.1, 0.15) is 0 Å². The summed E-state index contributed by atoms with van der Waals surface area (Å²) < 4.78 is 4.05. The highest BCUT2D eigenvalue weighted by Gasteiger charge is 2.29. The zero-order valence-electron chi connectivity index (χ0n) is 16.9. The van der Waals surface area contributed by atoms with Crippen LogP contribution >= 0.6 is 0 Å². The summed E-state index contributed by atoms with van der Waals surface area (Å²) in [5.74, 6) is 1.74. The van der Waals surface area contributed by atoms with E-state index in [2.05, 4.69) is 33.3 Å². The van der Waals surface area contributed by atoms with Crippen LogP contribution in [-0.4, -0.2) is 36.9 Å². The maximum Gasteiger partial charge on any atom is 0.219 e. The number of fused-ring (bicyclic) bond motifs is 1. The summed E-state index contributed by atoms with van der Waals surface area (Å²) in [6.45, 7) is 4.02. The van der Waals surface area contributed by atoms with Crippen LogP contribution in [0, 0.1) is 5.92 Å². The van der Waals surface area contributed by atoms with Gasteiger partial charge >= 0.3 is 0 Å². The molecule has 7 heteroatoms. The zero-order valence-corrected chi connectivity index (χ0v) is 16.9. The first-order valence-electron chi connectivity index (χ1n) is 10.3. The van der Waals surface area contributed by atoms with Crippen molar-refractivity contribution in [1.29, 1.82) is 0 Å². The molecule has 1 aromatic carbocycles. The van der Waals surface area contributed by atoms with Gasteiger partial charge in [-0.3, -0.25) is 14.2 Å². The molecule has 1 aliphatic heterocycles. The summed E-state index contributed by atoms with van der Waals surface area (Å²) in [6.07, 6.45) is 5.26. The van der Waals surface area contributed by atoms with Crippen molar-refractivity contribution < 1.29 is 4.79 Å². The number of anilines is 2. The fraction of sp³-hybridized carbons (Fsp3) is 0.409. The van der Waals surface area contributed by atoms with Gasteiger partial charge in [0.05, 0.1) is 12.2 Å². The number of hydrogen-bond acceptors (Lipinski definition) is 4. The van der Waals surface area contributed by atoms with Crippen molar-refractivity contribution in [2.45, 2.75) is 39.3 Å². The van der Waals surface area contributed by atoms with E-state index in [1.807, 2.05) is 35.0 Å². The molecule has 2 aromatic heterocycles. The predicted molar refractivity (Wildman–Crippen MR) is 112 cm³/mol. The van der Waals surface area contributed by atoms with Crippen LogP contribution in [0.1, 0.15) is 31.0 Å². The van der Waals surface area contributed by atoms with E-state index in [0.29, 0.717) is 6.54 Å². The average molecular weight is 390 g/mol. The summed E-state index contributed by atoms with van der Waals surface area (Å²) in [6, 6.07) is 10.3. The topological polar surface area (TPSA) is 68.0 Å². The lowest BCUT2D eigenvalue weighted by atomic mass is 10.1. The quantitative estimate of drug-likeness (QED) is 0.726. The lowest BCUT2D eigenvalue weighted by Crippen LogP contribution is -2.34. The molecule has 0 radical (unpaired) electrons. The second-order valence-corrected chi connectivity index (χ2v) is 8.14. The maximum atomic E-state index is 12.0. The number of nitrogens with zero attached hydrogens (tertiary/aromatic N) is 5. The molecular weight excluding hydrogens is 364 g/mol. The second kappa shape index (κ2) is 7.06. The van der Waals surface area contributed by atoms with E-state index in [9.17, 15) is 4.79 Å². The van der Waals surface area contributed by atoms with Crippen molar-refractivity contribution in [3.63, 3.8) is 0 Å². The van der Waals surface area contributed by atoms with Gasteiger partial charge in [0.15, 0.2) is 5.82 Å². The first kappa shape index (κ1) is 18.0. The van der Waals surface area contributed by atoms with Gasteiger partial charge in [-0.1, -0.05) is 12.1 Å². The van der Waals surface area contributed by atoms with E-state index < -0.39 is 0 Å². The van der Waals surface area contributed by atoms with E-state index in [1.54, 1.807) is 6.92 Å². The molecule has 0 spiro atoms. The Labute approximate surface area is 170 Å². The summed E-state index contributed by atoms with van der Waals surface area (Å²) in [4.78, 5) is 13.9. The summed E-state index contributed by atoms with van der Waals surface area (Å²) in [5, 5.41) is 12.7. The molecule has 0 unspecified atom stereocenters. The highest BCUT2D eigenvalue weighted by molar-refractivity contribution is 5.74. The SMILES string of the molecule is CC(=O)N1CCc2c(c(Nc3cccc(-c4ccnn4C)c3)nn2CC2CC2)C1. The van der Waals surface area contributed by atoms with Gasteiger partial charge < -0.3 is 10.2 Å². The number of aryl methyl sites for hydroxylation is 1. The Balaban J connectivity index is 1.47. The van der Waals surface area contributed by atoms with Crippen molar-refractivity contribution in [2.75, 3.05) is 11.9 Å². The van der Waals surface area contributed by atoms with Crippen LogP contribution in [0.3, 0.4) is 0 Å². The molecule has 1 aliphatic carbocycles. The number of rotatable bonds is 5. The fourth-order valence-corrected chi connectivity index (χ4v) is 4.11. The molecule has 1 fully saturated rings. The van der Waals surface area contributed by atoms with Crippen molar-refractivity contribution in [1.82, 2.24) is 24.5 Å². The summed E-state index contributed by atoms with van der Waals surface area (Å²) in [5.41, 5.74) is 5.59. The Morgan fingerprint density at radius 3 is 2.86 bits per heavy atom. The van der Waals surface area contributed by atoms with Gasteiger partial charge in [-0.15, -0.1) is 0 Å². The molecule has 7 nitrogen and oxygen atoms in total. The number of carbonyl (C=O) groups excluding carboxylic acids is 1. The average Bonchev–Trinajstić information content (AvgIpc) is 3.33. The van der Waals surface area contributed by atoms with Crippen molar-refractivity contribution in [3.05, 3.63) is 47.8 Å². The smallest absolute Gasteiger partial charge is 0.219 e. The fourth-order valence-electron chi connectivity index (χ4n) is 4.11. The lowest BCUT2D eigenvalue weighted by molar-refractivity contribution is -0.129. The van der Waals surface area contributed by atoms with Crippen LogP contribution in [0.4, 0.5) is 11.5 Å². The predicted octanol–water partition coefficient (Wildman–Crippen LogP) is 3.34. The highest BCUT2D eigenvalue weighted by atomic mass is 16.2. The Hall–Kier alpha value is -3.09. The number of aromatic nitrogens is 4. The Bertz CT molecular complexity index is 1060. The first-order chi connectivity index (χ1) is 14.1. The molecule has 150 valence electrons. The van der Waals surface area contributed by atoms with E-state index in [4.69, 9.17) is 5.10 Å². The standard InChI is InChI=1S/C22H26N6O/c1-15(29)27-11-9-21-19(14-27)22(25-28(21)13-16-6-7-16)24-18-5-3-4-17(12-18)20-8-10-23-26(20)2/h3-5,8,10,12,16H,6-7,9,11,13-14H2,1-2H3,(H,24,25). The third-order valence-electron chi connectivity index (χ3n) is 5.95. The minimum atomic E-state index is 0.120. The molecular formula is C22H26N6O. The molecule has 1 N–H and O–H groups in total. The number of nitrogens with one attached hydrogen (secondary N) is 1. The maximum absolute atomic E-state index is 12.0. The van der Waals surface area contributed by atoms with E-state index >= 15 is 0 Å². The van der Waals surface area contributed by atoms with Crippen LogP contribution in [-0.2, 0) is 31.4 Å². The summed E-state index contributed by atoms with van der Waals surface area (Å²) >= 11 is 0. The molecule has 1 amide bonds. The minimum Gasteiger partial charge on any atom is -0.338 e. The van der Waals surface area contributed by atoms with Crippen molar-refractivity contribution >= 4 is 17.4 Å². The van der Waals surface area contributed by atoms with Gasteiger partial charge in [0.2, 0.25) is 5.91 Å². The molecule has 2 aliphatic rings. The van der Waals surface area contributed by atoms with Crippen molar-refractivity contribution in [3.8, 4) is 11.3 Å². The zero-order chi connectivity index (χ0) is 20.0. The largest absolute Gasteiger partial charge is 0.338 e. The van der Waals surface area contributed by atoms with E-state index in [1.165, 1.54) is 18.5 Å². The molecule has 1 saturated carbocycles. The molecule has 0 bridgehead atoms. The van der Waals surface area contributed by atoms with Gasteiger partial charge in [-0.25, -0.2) is 0 Å². The lowest BCUT2D eigenvalue weighted by Gasteiger charge is -2.26. The second-order valence-electron chi connectivity index (χ2n) is 8.14. The van der Waals surface area contributed by atoms with Crippen LogP contribution in [0.15, 0.2) is 36.5 Å². The van der Waals surface area contributed by atoms with Gasteiger partial charge in [0.25, 0.3) is 0 Å². The molecule has 29 heavy (non-hydrogen) atoms. The third kappa shape index (κ3) is 3.52. The van der Waals surface area contributed by atoms with Gasteiger partial charge in [-0.2, -0.15) is 10.2 Å².